The maximum atomic E-state index is 13.9. The quantitative estimate of drug-likeness (QED) is 0.466. The van der Waals surface area contributed by atoms with Crippen LogP contribution in [0.15, 0.2) is 55.1 Å². The predicted octanol–water partition coefficient (Wildman–Crippen LogP) is 2.87. The summed E-state index contributed by atoms with van der Waals surface area (Å²) in [6, 6.07) is 11.7. The highest BCUT2D eigenvalue weighted by molar-refractivity contribution is 6.01. The van der Waals surface area contributed by atoms with Gasteiger partial charge in [0.05, 0.1) is 52.4 Å². The van der Waals surface area contributed by atoms with Gasteiger partial charge in [-0.3, -0.25) is 4.79 Å². The van der Waals surface area contributed by atoms with Gasteiger partial charge in [-0.15, -0.1) is 0 Å². The molecule has 1 atom stereocenters. The Morgan fingerprint density at radius 3 is 2.91 bits per heavy atom. The number of hydrogen-bond acceptors (Lipinski definition) is 5. The molecule has 1 N–H and O–H groups in total. The molecule has 0 aromatic carbocycles. The fourth-order valence-corrected chi connectivity index (χ4v) is 4.66. The van der Waals surface area contributed by atoms with Crippen LogP contribution in [0, 0.1) is 6.92 Å². The number of H-pyrrole nitrogens is 1. The number of hydrogen-bond donors (Lipinski definition) is 1. The highest BCUT2D eigenvalue weighted by atomic mass is 16.2. The van der Waals surface area contributed by atoms with Crippen LogP contribution in [0.5, 0.6) is 0 Å². The van der Waals surface area contributed by atoms with Crippen LogP contribution in [0.1, 0.15) is 39.2 Å². The zero-order chi connectivity index (χ0) is 22.7. The fraction of sp³-hybridized carbons (Fsp3) is 0.250. The summed E-state index contributed by atoms with van der Waals surface area (Å²) in [4.78, 5) is 25.6. The number of nitrogens with one attached hydrogen (secondary N) is 1. The summed E-state index contributed by atoms with van der Waals surface area (Å²) in [5.41, 5.74) is 7.10. The van der Waals surface area contributed by atoms with Crippen molar-refractivity contribution in [2.45, 2.75) is 19.4 Å². The molecule has 0 spiro atoms. The molecule has 5 aromatic heterocycles. The summed E-state index contributed by atoms with van der Waals surface area (Å²) in [5, 5.41) is 9.32. The molecule has 6 rings (SSSR count). The van der Waals surface area contributed by atoms with Gasteiger partial charge in [0, 0.05) is 38.4 Å². The summed E-state index contributed by atoms with van der Waals surface area (Å²) in [7, 11) is 3.96. The van der Waals surface area contributed by atoms with E-state index in [9.17, 15) is 4.79 Å². The number of nitrogens with zero attached hydrogens (tertiary/aromatic N) is 7. The van der Waals surface area contributed by atoms with E-state index in [0.717, 1.165) is 39.5 Å². The van der Waals surface area contributed by atoms with E-state index in [-0.39, 0.29) is 11.9 Å². The maximum absolute atomic E-state index is 13.9. The van der Waals surface area contributed by atoms with Gasteiger partial charge in [0.1, 0.15) is 6.04 Å². The topological polar surface area (TPSA) is 86.8 Å². The average Bonchev–Trinajstić information content (AvgIpc) is 3.55. The van der Waals surface area contributed by atoms with Crippen molar-refractivity contribution < 1.29 is 4.79 Å². The van der Waals surface area contributed by atoms with E-state index >= 15 is 0 Å². The third kappa shape index (κ3) is 3.00. The molecule has 9 nitrogen and oxygen atoms in total. The van der Waals surface area contributed by atoms with Crippen molar-refractivity contribution in [3.63, 3.8) is 0 Å². The van der Waals surface area contributed by atoms with Gasteiger partial charge in [-0.1, -0.05) is 6.07 Å². The van der Waals surface area contributed by atoms with Gasteiger partial charge in [-0.05, 0) is 37.3 Å². The van der Waals surface area contributed by atoms with Crippen molar-refractivity contribution in [1.82, 2.24) is 34.1 Å². The van der Waals surface area contributed by atoms with E-state index in [0.29, 0.717) is 18.5 Å². The predicted molar refractivity (Wildman–Crippen MR) is 125 cm³/mol. The number of aryl methyl sites for hydroxylation is 1. The van der Waals surface area contributed by atoms with E-state index < -0.39 is 0 Å². The highest BCUT2D eigenvalue weighted by Crippen LogP contribution is 2.35. The Labute approximate surface area is 190 Å². The van der Waals surface area contributed by atoms with Crippen LogP contribution in [0.25, 0.3) is 11.0 Å². The zero-order valence-electron chi connectivity index (χ0n) is 18.7. The number of pyridine rings is 2. The number of fused-ring (bicyclic) bond motifs is 3. The summed E-state index contributed by atoms with van der Waals surface area (Å²) in [6.07, 6.45) is 6.00. The Bertz CT molecular complexity index is 1510. The Balaban J connectivity index is 1.46. The minimum Gasteiger partial charge on any atom is -0.376 e. The number of amides is 1. The maximum Gasteiger partial charge on any atom is 0.258 e. The third-order valence-corrected chi connectivity index (χ3v) is 6.41. The van der Waals surface area contributed by atoms with Crippen LogP contribution in [0.3, 0.4) is 0 Å². The van der Waals surface area contributed by atoms with Crippen molar-refractivity contribution in [2.75, 3.05) is 25.5 Å². The molecule has 0 fully saturated rings. The second-order valence-corrected chi connectivity index (χ2v) is 8.66. The van der Waals surface area contributed by atoms with Crippen molar-refractivity contribution in [3.8, 4) is 0 Å². The van der Waals surface area contributed by atoms with Gasteiger partial charge in [0.2, 0.25) is 0 Å². The van der Waals surface area contributed by atoms with Gasteiger partial charge in [-0.25, -0.2) is 14.0 Å². The number of aromatic amines is 1. The minimum atomic E-state index is -0.372. The van der Waals surface area contributed by atoms with Crippen molar-refractivity contribution in [2.24, 2.45) is 0 Å². The lowest BCUT2D eigenvalue weighted by atomic mass is 9.98. The van der Waals surface area contributed by atoms with Crippen molar-refractivity contribution in [1.29, 1.82) is 0 Å². The number of carbonyl (C=O) groups is 1. The molecule has 0 bridgehead atoms. The Hall–Kier alpha value is -4.14. The number of imidazole rings is 1. The average molecular weight is 441 g/mol. The van der Waals surface area contributed by atoms with E-state index in [4.69, 9.17) is 5.10 Å². The van der Waals surface area contributed by atoms with Crippen LogP contribution >= 0.6 is 0 Å². The summed E-state index contributed by atoms with van der Waals surface area (Å²) in [5.74, 6) is -0.0740. The molecular weight excluding hydrogens is 416 g/mol. The minimum absolute atomic E-state index is 0.0740. The SMILES string of the molecule is Cc1cccc2cc(C3c4nc[nH]c4CCN3C(=O)c3cnn4cc(N(C)C)ccc34)nn12. The van der Waals surface area contributed by atoms with Gasteiger partial charge in [0.15, 0.2) is 0 Å². The molecule has 1 amide bonds. The Morgan fingerprint density at radius 2 is 2.09 bits per heavy atom. The van der Waals surface area contributed by atoms with E-state index in [2.05, 4.69) is 15.1 Å². The van der Waals surface area contributed by atoms with E-state index in [1.807, 2.05) is 77.9 Å². The molecule has 33 heavy (non-hydrogen) atoms. The molecule has 1 aliphatic heterocycles. The number of rotatable bonds is 3. The first-order chi connectivity index (χ1) is 16.0. The van der Waals surface area contributed by atoms with Crippen LogP contribution in [0.2, 0.25) is 0 Å². The number of aromatic nitrogens is 6. The highest BCUT2D eigenvalue weighted by Gasteiger charge is 2.37. The summed E-state index contributed by atoms with van der Waals surface area (Å²) in [6.45, 7) is 2.59. The molecule has 6 heterocycles. The molecular formula is C24H24N8O. The largest absolute Gasteiger partial charge is 0.376 e. The lowest BCUT2D eigenvalue weighted by Gasteiger charge is -2.33. The van der Waals surface area contributed by atoms with Crippen LogP contribution in [0.4, 0.5) is 5.69 Å². The normalized spacial score (nSPS) is 15.8. The standard InChI is InChI=1S/C24H24N8O/c1-15-5-4-6-16-11-20(28-32(15)16)23-22-19(25-14-26-22)9-10-30(23)24(33)18-12-27-31-13-17(29(2)3)7-8-21(18)31/h4-8,11-14,23H,9-10H2,1-3H3,(H,25,26). The molecule has 0 saturated carbocycles. The first-order valence-electron chi connectivity index (χ1n) is 10.9. The van der Waals surface area contributed by atoms with Gasteiger partial charge < -0.3 is 14.8 Å². The first kappa shape index (κ1) is 19.5. The van der Waals surface area contributed by atoms with Gasteiger partial charge in [-0.2, -0.15) is 10.2 Å². The second kappa shape index (κ2) is 7.19. The van der Waals surface area contributed by atoms with Crippen LogP contribution < -0.4 is 4.90 Å². The molecule has 5 aromatic rings. The molecule has 166 valence electrons. The van der Waals surface area contributed by atoms with Crippen LogP contribution in [-0.4, -0.2) is 60.6 Å². The Morgan fingerprint density at radius 1 is 1.21 bits per heavy atom. The van der Waals surface area contributed by atoms with Crippen molar-refractivity contribution in [3.05, 3.63) is 83.5 Å². The lowest BCUT2D eigenvalue weighted by Crippen LogP contribution is -2.41. The molecule has 0 radical (unpaired) electrons. The molecule has 0 aliphatic carbocycles. The van der Waals surface area contributed by atoms with Gasteiger partial charge in [0.25, 0.3) is 5.91 Å². The fourth-order valence-electron chi connectivity index (χ4n) is 4.66. The van der Waals surface area contributed by atoms with E-state index in [1.165, 1.54) is 0 Å². The molecule has 0 saturated heterocycles. The zero-order valence-corrected chi connectivity index (χ0v) is 18.7. The number of anilines is 1. The monoisotopic (exact) mass is 440 g/mol. The summed E-state index contributed by atoms with van der Waals surface area (Å²) >= 11 is 0. The lowest BCUT2D eigenvalue weighted by molar-refractivity contribution is 0.0689. The molecule has 9 heteroatoms. The van der Waals surface area contributed by atoms with Gasteiger partial charge >= 0.3 is 0 Å². The molecule has 1 unspecified atom stereocenters. The van der Waals surface area contributed by atoms with Crippen molar-refractivity contribution >= 4 is 22.6 Å². The smallest absolute Gasteiger partial charge is 0.258 e. The second-order valence-electron chi connectivity index (χ2n) is 8.66. The Kier molecular flexibility index (Phi) is 4.26. The molecule has 1 aliphatic rings. The summed E-state index contributed by atoms with van der Waals surface area (Å²) < 4.78 is 3.67. The third-order valence-electron chi connectivity index (χ3n) is 6.41. The van der Waals surface area contributed by atoms with Crippen LogP contribution in [-0.2, 0) is 6.42 Å². The first-order valence-corrected chi connectivity index (χ1v) is 10.9. The number of carbonyl (C=O) groups excluding carboxylic acids is 1. The van der Waals surface area contributed by atoms with E-state index in [1.54, 1.807) is 17.0 Å².